The van der Waals surface area contributed by atoms with Crippen molar-refractivity contribution in [3.05, 3.63) is 29.3 Å². The molecule has 0 aliphatic rings. The third kappa shape index (κ3) is 4.04. The van der Waals surface area contributed by atoms with E-state index < -0.39 is 0 Å². The molecule has 0 unspecified atom stereocenters. The molecule has 0 aliphatic carbocycles. The highest BCUT2D eigenvalue weighted by molar-refractivity contribution is 5.80. The average molecular weight is 250 g/mol. The SMILES string of the molecule is Cc1cc(CO)ccc1N(CC(N)=O)CC(C)C. The zero-order valence-corrected chi connectivity index (χ0v) is 11.3. The van der Waals surface area contributed by atoms with Crippen molar-refractivity contribution in [1.82, 2.24) is 0 Å². The van der Waals surface area contributed by atoms with Crippen LogP contribution in [0.5, 0.6) is 0 Å². The normalized spacial score (nSPS) is 10.7. The second-order valence-corrected chi connectivity index (χ2v) is 5.02. The van der Waals surface area contributed by atoms with Crippen molar-refractivity contribution in [2.45, 2.75) is 27.4 Å². The molecule has 18 heavy (non-hydrogen) atoms. The predicted octanol–water partition coefficient (Wildman–Crippen LogP) is 1.44. The molecule has 0 bridgehead atoms. The number of aliphatic hydroxyl groups excluding tert-OH is 1. The highest BCUT2D eigenvalue weighted by Gasteiger charge is 2.13. The molecule has 0 atom stereocenters. The fourth-order valence-corrected chi connectivity index (χ4v) is 2.05. The largest absolute Gasteiger partial charge is 0.392 e. The maximum absolute atomic E-state index is 11.1. The molecule has 0 aliphatic heterocycles. The van der Waals surface area contributed by atoms with Crippen molar-refractivity contribution < 1.29 is 9.90 Å². The van der Waals surface area contributed by atoms with E-state index >= 15 is 0 Å². The van der Waals surface area contributed by atoms with Crippen LogP contribution in [0.2, 0.25) is 0 Å². The molecule has 0 aromatic heterocycles. The van der Waals surface area contributed by atoms with Crippen LogP contribution in [-0.4, -0.2) is 24.1 Å². The Morgan fingerprint density at radius 2 is 2.11 bits per heavy atom. The summed E-state index contributed by atoms with van der Waals surface area (Å²) in [6.45, 7) is 7.21. The zero-order chi connectivity index (χ0) is 13.7. The van der Waals surface area contributed by atoms with E-state index in [1.165, 1.54) is 0 Å². The second kappa shape index (κ2) is 6.40. The summed E-state index contributed by atoms with van der Waals surface area (Å²) in [7, 11) is 0. The lowest BCUT2D eigenvalue weighted by molar-refractivity contribution is -0.116. The Morgan fingerprint density at radius 1 is 1.44 bits per heavy atom. The van der Waals surface area contributed by atoms with E-state index in [1.807, 2.05) is 30.0 Å². The molecule has 3 N–H and O–H groups in total. The third-order valence-corrected chi connectivity index (χ3v) is 2.72. The van der Waals surface area contributed by atoms with Gasteiger partial charge in [0.15, 0.2) is 0 Å². The number of primary amides is 1. The van der Waals surface area contributed by atoms with Gasteiger partial charge in [-0.25, -0.2) is 0 Å². The first-order valence-electron chi connectivity index (χ1n) is 6.17. The second-order valence-electron chi connectivity index (χ2n) is 5.02. The summed E-state index contributed by atoms with van der Waals surface area (Å²) in [5.41, 5.74) is 8.21. The number of benzene rings is 1. The number of nitrogens with zero attached hydrogens (tertiary/aromatic N) is 1. The maximum atomic E-state index is 11.1. The van der Waals surface area contributed by atoms with Crippen LogP contribution in [0.1, 0.15) is 25.0 Å². The average Bonchev–Trinajstić information content (AvgIpc) is 2.26. The van der Waals surface area contributed by atoms with Crippen molar-refractivity contribution in [3.63, 3.8) is 0 Å². The molecule has 0 saturated heterocycles. The summed E-state index contributed by atoms with van der Waals surface area (Å²) in [6.07, 6.45) is 0. The van der Waals surface area contributed by atoms with Crippen LogP contribution < -0.4 is 10.6 Å². The lowest BCUT2D eigenvalue weighted by atomic mass is 10.1. The zero-order valence-electron chi connectivity index (χ0n) is 11.3. The Labute approximate surface area is 108 Å². The maximum Gasteiger partial charge on any atom is 0.236 e. The Morgan fingerprint density at radius 3 is 2.56 bits per heavy atom. The predicted molar refractivity (Wildman–Crippen MR) is 73.3 cm³/mol. The van der Waals surface area contributed by atoms with Gasteiger partial charge in [0.2, 0.25) is 5.91 Å². The summed E-state index contributed by atoms with van der Waals surface area (Å²) < 4.78 is 0. The van der Waals surface area contributed by atoms with Crippen LogP contribution in [0.3, 0.4) is 0 Å². The lowest BCUT2D eigenvalue weighted by Crippen LogP contribution is -2.36. The number of aryl methyl sites for hydroxylation is 1. The molecule has 4 heteroatoms. The van der Waals surface area contributed by atoms with Gasteiger partial charge in [-0.3, -0.25) is 4.79 Å². The summed E-state index contributed by atoms with van der Waals surface area (Å²) in [6, 6.07) is 5.74. The molecule has 4 nitrogen and oxygen atoms in total. The van der Waals surface area contributed by atoms with Gasteiger partial charge >= 0.3 is 0 Å². The quantitative estimate of drug-likeness (QED) is 0.802. The summed E-state index contributed by atoms with van der Waals surface area (Å²) in [5, 5.41) is 9.09. The van der Waals surface area contributed by atoms with Crippen LogP contribution in [-0.2, 0) is 11.4 Å². The Hall–Kier alpha value is -1.55. The van der Waals surface area contributed by atoms with E-state index in [1.54, 1.807) is 0 Å². The molecule has 1 aromatic rings. The minimum atomic E-state index is -0.332. The first-order chi connectivity index (χ1) is 8.43. The van der Waals surface area contributed by atoms with E-state index in [4.69, 9.17) is 10.8 Å². The molecular weight excluding hydrogens is 228 g/mol. The number of anilines is 1. The molecule has 1 rings (SSSR count). The van der Waals surface area contributed by atoms with E-state index in [0.29, 0.717) is 5.92 Å². The first-order valence-corrected chi connectivity index (χ1v) is 6.17. The van der Waals surface area contributed by atoms with Gasteiger partial charge in [-0.15, -0.1) is 0 Å². The molecule has 1 aromatic carbocycles. The summed E-state index contributed by atoms with van der Waals surface area (Å²) in [4.78, 5) is 13.1. The highest BCUT2D eigenvalue weighted by Crippen LogP contribution is 2.22. The fraction of sp³-hybridized carbons (Fsp3) is 0.500. The number of amides is 1. The number of rotatable bonds is 6. The molecule has 0 saturated carbocycles. The molecule has 0 spiro atoms. The van der Waals surface area contributed by atoms with Gasteiger partial charge in [0.05, 0.1) is 13.2 Å². The van der Waals surface area contributed by atoms with Crippen LogP contribution in [0.4, 0.5) is 5.69 Å². The van der Waals surface area contributed by atoms with E-state index in [-0.39, 0.29) is 19.1 Å². The van der Waals surface area contributed by atoms with Crippen molar-refractivity contribution in [2.75, 3.05) is 18.0 Å². The fourth-order valence-electron chi connectivity index (χ4n) is 2.05. The Bertz CT molecular complexity index is 416. The van der Waals surface area contributed by atoms with Crippen molar-refractivity contribution in [3.8, 4) is 0 Å². The molecular formula is C14H22N2O2. The molecule has 0 fully saturated rings. The van der Waals surface area contributed by atoms with Gasteiger partial charge in [-0.05, 0) is 30.0 Å². The van der Waals surface area contributed by atoms with E-state index in [0.717, 1.165) is 23.4 Å². The van der Waals surface area contributed by atoms with Crippen molar-refractivity contribution in [1.29, 1.82) is 0 Å². The minimum Gasteiger partial charge on any atom is -0.392 e. The summed E-state index contributed by atoms with van der Waals surface area (Å²) >= 11 is 0. The van der Waals surface area contributed by atoms with Gasteiger partial charge in [0, 0.05) is 12.2 Å². The molecule has 100 valence electrons. The highest BCUT2D eigenvalue weighted by atomic mass is 16.3. The smallest absolute Gasteiger partial charge is 0.236 e. The first kappa shape index (κ1) is 14.5. The topological polar surface area (TPSA) is 66.6 Å². The van der Waals surface area contributed by atoms with Crippen LogP contribution in [0, 0.1) is 12.8 Å². The number of nitrogens with two attached hydrogens (primary N) is 1. The number of aliphatic hydroxyl groups is 1. The van der Waals surface area contributed by atoms with Gasteiger partial charge in [-0.2, -0.15) is 0 Å². The number of carbonyl (C=O) groups is 1. The van der Waals surface area contributed by atoms with Gasteiger partial charge < -0.3 is 15.7 Å². The van der Waals surface area contributed by atoms with Gasteiger partial charge in [0.25, 0.3) is 0 Å². The van der Waals surface area contributed by atoms with Gasteiger partial charge in [0.1, 0.15) is 0 Å². The van der Waals surface area contributed by atoms with Crippen molar-refractivity contribution in [2.24, 2.45) is 11.7 Å². The number of hydrogen-bond acceptors (Lipinski definition) is 3. The minimum absolute atomic E-state index is 0.0289. The van der Waals surface area contributed by atoms with E-state index in [2.05, 4.69) is 13.8 Å². The molecule has 1 amide bonds. The van der Waals surface area contributed by atoms with Crippen LogP contribution in [0.25, 0.3) is 0 Å². The van der Waals surface area contributed by atoms with Gasteiger partial charge in [-0.1, -0.05) is 26.0 Å². The summed E-state index contributed by atoms with van der Waals surface area (Å²) in [5.74, 6) is 0.113. The van der Waals surface area contributed by atoms with Crippen molar-refractivity contribution >= 4 is 11.6 Å². The third-order valence-electron chi connectivity index (χ3n) is 2.72. The molecule has 0 radical (unpaired) electrons. The Balaban J connectivity index is 3.00. The van der Waals surface area contributed by atoms with E-state index in [9.17, 15) is 4.79 Å². The number of carbonyl (C=O) groups excluding carboxylic acids is 1. The molecule has 0 heterocycles. The Kier molecular flexibility index (Phi) is 5.16. The standard InChI is InChI=1S/C14H22N2O2/c1-10(2)7-16(8-14(15)18)13-5-4-12(9-17)6-11(13)3/h4-6,10,17H,7-9H2,1-3H3,(H2,15,18). The lowest BCUT2D eigenvalue weighted by Gasteiger charge is -2.27. The number of hydrogen-bond donors (Lipinski definition) is 2. The van der Waals surface area contributed by atoms with Crippen LogP contribution >= 0.6 is 0 Å². The monoisotopic (exact) mass is 250 g/mol. The van der Waals surface area contributed by atoms with Crippen LogP contribution in [0.15, 0.2) is 18.2 Å².